The fourth-order valence-corrected chi connectivity index (χ4v) is 8.92. The van der Waals surface area contributed by atoms with Gasteiger partial charge in [-0.2, -0.15) is 13.2 Å². The molecule has 6 heterocycles. The minimum Gasteiger partial charge on any atom is -0.395 e. The van der Waals surface area contributed by atoms with E-state index in [2.05, 4.69) is 25.1 Å². The number of halogens is 3. The minimum absolute atomic E-state index is 0.0168. The number of aliphatic hydroxyl groups is 1. The Morgan fingerprint density at radius 3 is 2.71 bits per heavy atom. The van der Waals surface area contributed by atoms with E-state index < -0.39 is 33.4 Å². The Labute approximate surface area is 245 Å². The molecule has 3 aromatic heterocycles. The Morgan fingerprint density at radius 1 is 1.21 bits per heavy atom. The van der Waals surface area contributed by atoms with Gasteiger partial charge < -0.3 is 20.1 Å². The number of hydrogen-bond donors (Lipinski definition) is 2. The van der Waals surface area contributed by atoms with Gasteiger partial charge >= 0.3 is 6.18 Å². The molecule has 0 radical (unpaired) electrons. The van der Waals surface area contributed by atoms with Crippen molar-refractivity contribution in [3.05, 3.63) is 40.5 Å². The van der Waals surface area contributed by atoms with Gasteiger partial charge in [0, 0.05) is 37.9 Å². The Morgan fingerprint density at radius 2 is 2.02 bits per heavy atom. The SMILES string of the molecule is CCc1nc(N2C[C@H]3C[C@@H]2CN3CCO)ccc1Nc1ncc(C(F)(F)F)c(-c2cc3c(s2)[C@H](C)OCCS3(=O)=O)n1. The number of aryl methyl sites for hydroxylation is 1. The molecule has 0 aromatic carbocycles. The molecule has 2 saturated heterocycles. The summed E-state index contributed by atoms with van der Waals surface area (Å²) in [5, 5.41) is 12.3. The van der Waals surface area contributed by atoms with Gasteiger partial charge in [0.1, 0.15) is 11.4 Å². The number of nitrogens with one attached hydrogen (secondary N) is 1. The number of likely N-dealkylation sites (tertiary alicyclic amines) is 1. The van der Waals surface area contributed by atoms with Crippen molar-refractivity contribution in [1.29, 1.82) is 0 Å². The van der Waals surface area contributed by atoms with Crippen LogP contribution in [0.4, 0.5) is 30.6 Å². The lowest BCUT2D eigenvalue weighted by Gasteiger charge is -2.34. The first-order chi connectivity index (χ1) is 20.0. The zero-order valence-corrected chi connectivity index (χ0v) is 24.7. The number of alkyl halides is 3. The zero-order valence-electron chi connectivity index (χ0n) is 23.1. The molecule has 0 aliphatic carbocycles. The maximum Gasteiger partial charge on any atom is 0.420 e. The van der Waals surface area contributed by atoms with Crippen LogP contribution in [0.1, 0.15) is 42.5 Å². The van der Waals surface area contributed by atoms with Crippen molar-refractivity contribution in [3.63, 3.8) is 0 Å². The third-order valence-corrected chi connectivity index (χ3v) is 11.2. The average molecular weight is 625 g/mol. The molecule has 0 saturated carbocycles. The number of nitrogens with zero attached hydrogens (tertiary/aromatic N) is 5. The number of thiophene rings is 1. The standard InChI is InChI=1S/C27H31F3N6O4S2/c1-3-19-20(4-5-23(32-19)36-14-16-10-17(36)13-35(16)6-7-37)33-26-31-12-18(27(28,29)30)24(34-26)21-11-22-25(41-21)15(2)40-8-9-42(22,38)39/h4-5,11-12,15-17,37H,3,6-10,13-14H2,1-2H3,(H,31,33,34)/t15-,16+,17+/m0/s1. The number of sulfone groups is 1. The normalized spacial score (nSPS) is 23.7. The van der Waals surface area contributed by atoms with Gasteiger partial charge in [0.2, 0.25) is 5.95 Å². The molecule has 0 amide bonds. The van der Waals surface area contributed by atoms with Crippen LogP contribution in [0.15, 0.2) is 29.3 Å². The van der Waals surface area contributed by atoms with Gasteiger partial charge in [0.25, 0.3) is 0 Å². The lowest BCUT2D eigenvalue weighted by Crippen LogP contribution is -2.47. The fraction of sp³-hybridized carbons (Fsp3) is 0.519. The molecule has 3 aliphatic heterocycles. The number of rotatable bonds is 7. The van der Waals surface area contributed by atoms with E-state index in [1.54, 1.807) is 6.92 Å². The lowest BCUT2D eigenvalue weighted by molar-refractivity contribution is -0.137. The van der Waals surface area contributed by atoms with Crippen LogP contribution in [0.2, 0.25) is 0 Å². The summed E-state index contributed by atoms with van der Waals surface area (Å²) in [6.45, 7) is 6.13. The van der Waals surface area contributed by atoms with E-state index in [-0.39, 0.29) is 34.7 Å². The van der Waals surface area contributed by atoms with Crippen molar-refractivity contribution in [2.24, 2.45) is 0 Å². The van der Waals surface area contributed by atoms with Gasteiger partial charge in [-0.05, 0) is 38.0 Å². The van der Waals surface area contributed by atoms with Gasteiger partial charge in [-0.15, -0.1) is 11.3 Å². The number of aromatic nitrogens is 3. The number of ether oxygens (including phenoxy) is 1. The van der Waals surface area contributed by atoms with Crippen LogP contribution in [-0.4, -0.2) is 84.1 Å². The largest absolute Gasteiger partial charge is 0.420 e. The molecular formula is C27H31F3N6O4S2. The van der Waals surface area contributed by atoms with E-state index in [4.69, 9.17) is 9.72 Å². The second kappa shape index (κ2) is 11.0. The highest BCUT2D eigenvalue weighted by Gasteiger charge is 2.43. The third-order valence-electron chi connectivity index (χ3n) is 8.05. The van der Waals surface area contributed by atoms with E-state index in [0.717, 1.165) is 42.9 Å². The molecule has 0 spiro atoms. The maximum atomic E-state index is 14.0. The molecule has 42 heavy (non-hydrogen) atoms. The second-order valence-electron chi connectivity index (χ2n) is 10.7. The second-order valence-corrected chi connectivity index (χ2v) is 13.8. The molecule has 0 unspecified atom stereocenters. The summed E-state index contributed by atoms with van der Waals surface area (Å²) in [5.41, 5.74) is -0.167. The van der Waals surface area contributed by atoms with Crippen LogP contribution < -0.4 is 10.2 Å². The molecule has 2 N–H and O–H groups in total. The van der Waals surface area contributed by atoms with Crippen molar-refractivity contribution in [2.75, 3.05) is 48.8 Å². The van der Waals surface area contributed by atoms with E-state index in [0.29, 0.717) is 41.3 Å². The van der Waals surface area contributed by atoms with Crippen molar-refractivity contribution in [3.8, 4) is 10.6 Å². The average Bonchev–Trinajstić information content (AvgIpc) is 3.66. The molecule has 2 fully saturated rings. The number of aliphatic hydroxyl groups excluding tert-OH is 1. The topological polar surface area (TPSA) is 121 Å². The molecule has 2 bridgehead atoms. The summed E-state index contributed by atoms with van der Waals surface area (Å²) < 4.78 is 73.3. The summed E-state index contributed by atoms with van der Waals surface area (Å²) in [7, 11) is -3.72. The van der Waals surface area contributed by atoms with E-state index in [1.807, 2.05) is 19.1 Å². The maximum absolute atomic E-state index is 14.0. The number of β-amino-alcohol motifs (C(OH)–C–C–N with tert-alkyl or cyclic N) is 1. The number of anilines is 3. The van der Waals surface area contributed by atoms with Gasteiger partial charge in [0.15, 0.2) is 9.84 Å². The predicted molar refractivity (Wildman–Crippen MR) is 152 cm³/mol. The number of piperazine rings is 1. The summed E-state index contributed by atoms with van der Waals surface area (Å²) in [5.74, 6) is 0.532. The number of fused-ring (bicyclic) bond motifs is 3. The van der Waals surface area contributed by atoms with Crippen LogP contribution in [0, 0.1) is 0 Å². The molecule has 10 nitrogen and oxygen atoms in total. The van der Waals surface area contributed by atoms with Gasteiger partial charge in [-0.3, -0.25) is 4.90 Å². The summed E-state index contributed by atoms with van der Waals surface area (Å²) in [6.07, 6.45) is -3.03. The van der Waals surface area contributed by atoms with Crippen molar-refractivity contribution >= 4 is 38.6 Å². The van der Waals surface area contributed by atoms with Crippen LogP contribution >= 0.6 is 11.3 Å². The lowest BCUT2D eigenvalue weighted by atomic mass is 10.2. The quantitative estimate of drug-likeness (QED) is 0.399. The Kier molecular flexibility index (Phi) is 7.66. The molecule has 3 atom stereocenters. The van der Waals surface area contributed by atoms with E-state index >= 15 is 0 Å². The molecule has 3 aliphatic rings. The highest BCUT2D eigenvalue weighted by Crippen LogP contribution is 2.44. The minimum atomic E-state index is -4.75. The van der Waals surface area contributed by atoms with E-state index in [1.165, 1.54) is 6.07 Å². The van der Waals surface area contributed by atoms with Crippen molar-refractivity contribution < 1.29 is 31.4 Å². The zero-order chi connectivity index (χ0) is 29.8. The van der Waals surface area contributed by atoms with Crippen molar-refractivity contribution in [2.45, 2.75) is 55.9 Å². The highest BCUT2D eigenvalue weighted by atomic mass is 32.2. The van der Waals surface area contributed by atoms with Crippen LogP contribution in [0.25, 0.3) is 10.6 Å². The Hall–Kier alpha value is -2.85. The van der Waals surface area contributed by atoms with Gasteiger partial charge in [-0.25, -0.2) is 23.4 Å². The molecular weight excluding hydrogens is 593 g/mol. The van der Waals surface area contributed by atoms with Crippen LogP contribution in [0.3, 0.4) is 0 Å². The van der Waals surface area contributed by atoms with Gasteiger partial charge in [0.05, 0.1) is 56.8 Å². The summed E-state index contributed by atoms with van der Waals surface area (Å²) in [4.78, 5) is 18.0. The predicted octanol–water partition coefficient (Wildman–Crippen LogP) is 4.05. The first-order valence-electron chi connectivity index (χ1n) is 13.8. The fourth-order valence-electron chi connectivity index (χ4n) is 5.97. The third kappa shape index (κ3) is 5.36. The van der Waals surface area contributed by atoms with Crippen LogP contribution in [0.5, 0.6) is 0 Å². The molecule has 3 aromatic rings. The first kappa shape index (κ1) is 29.2. The van der Waals surface area contributed by atoms with E-state index in [9.17, 15) is 26.7 Å². The van der Waals surface area contributed by atoms with Gasteiger partial charge in [-0.1, -0.05) is 6.92 Å². The first-order valence-corrected chi connectivity index (χ1v) is 16.3. The molecule has 226 valence electrons. The molecule has 15 heteroatoms. The smallest absolute Gasteiger partial charge is 0.395 e. The highest BCUT2D eigenvalue weighted by molar-refractivity contribution is 7.91. The molecule has 6 rings (SSSR count). The summed E-state index contributed by atoms with van der Waals surface area (Å²) in [6, 6.07) is 5.67. The number of pyridine rings is 1. The monoisotopic (exact) mass is 624 g/mol. The number of hydrogen-bond acceptors (Lipinski definition) is 11. The Balaban J connectivity index is 1.31. The van der Waals surface area contributed by atoms with Crippen molar-refractivity contribution in [1.82, 2.24) is 19.9 Å². The van der Waals surface area contributed by atoms with Crippen LogP contribution in [-0.2, 0) is 27.2 Å². The summed E-state index contributed by atoms with van der Waals surface area (Å²) >= 11 is 0.933. The Bertz CT molecular complexity index is 1600.